The standard InChI is InChI=1S/C23H27N3O4/c1-17(28)22(21(29)16-27)24-23(30)26-14-12-25(13-15-26)20-10-8-19(9-11-20)7-6-18-4-2-3-5-18/h2,4-5,8-11,17,22,27-28H,3,12-16H2,1H3,(H,24,30)/t17-,22+/m1/s1. The van der Waals surface area contributed by atoms with Gasteiger partial charge in [0.2, 0.25) is 0 Å². The van der Waals surface area contributed by atoms with Crippen LogP contribution in [0.25, 0.3) is 0 Å². The maximum atomic E-state index is 12.4. The number of carbonyl (C=O) groups excluding carboxylic acids is 2. The second kappa shape index (κ2) is 10.1. The highest BCUT2D eigenvalue weighted by atomic mass is 16.3. The quantitative estimate of drug-likeness (QED) is 0.633. The van der Waals surface area contributed by atoms with Gasteiger partial charge in [-0.2, -0.15) is 0 Å². The number of hydrogen-bond acceptors (Lipinski definition) is 5. The lowest BCUT2D eigenvalue weighted by molar-refractivity contribution is -0.125. The molecule has 2 aliphatic rings. The molecule has 1 saturated heterocycles. The molecule has 1 aliphatic heterocycles. The van der Waals surface area contributed by atoms with Crippen molar-refractivity contribution in [1.82, 2.24) is 10.2 Å². The van der Waals surface area contributed by atoms with Gasteiger partial charge >= 0.3 is 6.03 Å². The van der Waals surface area contributed by atoms with Gasteiger partial charge in [0.15, 0.2) is 5.78 Å². The molecule has 0 radical (unpaired) electrons. The fraction of sp³-hybridized carbons (Fsp3) is 0.391. The number of benzene rings is 1. The lowest BCUT2D eigenvalue weighted by Gasteiger charge is -2.36. The molecule has 1 aromatic rings. The van der Waals surface area contributed by atoms with Crippen LogP contribution in [0.4, 0.5) is 10.5 Å². The van der Waals surface area contributed by atoms with Crippen molar-refractivity contribution in [3.63, 3.8) is 0 Å². The normalized spacial score (nSPS) is 17.6. The zero-order chi connectivity index (χ0) is 21.5. The molecule has 1 aliphatic carbocycles. The van der Waals surface area contributed by atoms with Gasteiger partial charge in [-0.1, -0.05) is 30.1 Å². The predicted molar refractivity (Wildman–Crippen MR) is 115 cm³/mol. The second-order valence-electron chi connectivity index (χ2n) is 7.36. The van der Waals surface area contributed by atoms with Crippen LogP contribution in [0.5, 0.6) is 0 Å². The fourth-order valence-corrected chi connectivity index (χ4v) is 3.41. The first kappa shape index (κ1) is 21.6. The Kier molecular flexibility index (Phi) is 7.28. The highest BCUT2D eigenvalue weighted by molar-refractivity contribution is 5.89. The zero-order valence-corrected chi connectivity index (χ0v) is 17.0. The van der Waals surface area contributed by atoms with E-state index in [2.05, 4.69) is 34.2 Å². The van der Waals surface area contributed by atoms with E-state index >= 15 is 0 Å². The van der Waals surface area contributed by atoms with Crippen molar-refractivity contribution in [3.05, 3.63) is 53.6 Å². The minimum Gasteiger partial charge on any atom is -0.391 e. The Bertz CT molecular complexity index is 885. The number of allylic oxidation sites excluding steroid dienone is 4. The van der Waals surface area contributed by atoms with E-state index in [4.69, 9.17) is 5.11 Å². The van der Waals surface area contributed by atoms with Crippen molar-refractivity contribution in [3.8, 4) is 11.8 Å². The number of aliphatic hydroxyl groups is 2. The van der Waals surface area contributed by atoms with Gasteiger partial charge < -0.3 is 25.3 Å². The summed E-state index contributed by atoms with van der Waals surface area (Å²) in [5, 5.41) is 21.2. The number of nitrogens with one attached hydrogen (secondary N) is 1. The third-order valence-electron chi connectivity index (χ3n) is 5.19. The topological polar surface area (TPSA) is 93.1 Å². The van der Waals surface area contributed by atoms with Gasteiger partial charge in [-0.05, 0) is 37.6 Å². The molecule has 30 heavy (non-hydrogen) atoms. The Balaban J connectivity index is 1.53. The number of nitrogens with zero attached hydrogens (tertiary/aromatic N) is 2. The maximum Gasteiger partial charge on any atom is 0.318 e. The maximum absolute atomic E-state index is 12.4. The first-order valence-corrected chi connectivity index (χ1v) is 10.1. The van der Waals surface area contributed by atoms with E-state index in [0.29, 0.717) is 26.2 Å². The van der Waals surface area contributed by atoms with Crippen molar-refractivity contribution in [1.29, 1.82) is 0 Å². The largest absolute Gasteiger partial charge is 0.391 e. The Morgan fingerprint density at radius 3 is 2.40 bits per heavy atom. The monoisotopic (exact) mass is 409 g/mol. The van der Waals surface area contributed by atoms with E-state index in [1.54, 1.807) is 4.90 Å². The smallest absolute Gasteiger partial charge is 0.318 e. The molecule has 1 heterocycles. The molecule has 7 heteroatoms. The number of urea groups is 1. The molecule has 2 amide bonds. The van der Waals surface area contributed by atoms with Gasteiger partial charge in [-0.25, -0.2) is 4.79 Å². The molecule has 7 nitrogen and oxygen atoms in total. The van der Waals surface area contributed by atoms with Crippen molar-refractivity contribution < 1.29 is 19.8 Å². The second-order valence-corrected chi connectivity index (χ2v) is 7.36. The minimum absolute atomic E-state index is 0.414. The van der Waals surface area contributed by atoms with Crippen LogP contribution in [0.2, 0.25) is 0 Å². The molecule has 0 aromatic heterocycles. The van der Waals surface area contributed by atoms with Crippen LogP contribution >= 0.6 is 0 Å². The Labute approximate surface area is 176 Å². The summed E-state index contributed by atoms with van der Waals surface area (Å²) in [7, 11) is 0. The number of anilines is 1. The highest BCUT2D eigenvalue weighted by Crippen LogP contribution is 2.17. The van der Waals surface area contributed by atoms with Gasteiger partial charge in [-0.3, -0.25) is 4.79 Å². The predicted octanol–water partition coefficient (Wildman–Crippen LogP) is 1.07. The number of ketones is 1. The van der Waals surface area contributed by atoms with Crippen LogP contribution in [0, 0.1) is 11.8 Å². The first-order valence-electron chi connectivity index (χ1n) is 10.1. The number of piperazine rings is 1. The molecule has 3 N–H and O–H groups in total. The SMILES string of the molecule is C[C@@H](O)[C@H](NC(=O)N1CCN(c2ccc(C#CC3=CCC=C3)cc2)CC1)C(=O)CO. The summed E-state index contributed by atoms with van der Waals surface area (Å²) >= 11 is 0. The molecular formula is C23H27N3O4. The zero-order valence-electron chi connectivity index (χ0n) is 17.0. The number of aliphatic hydroxyl groups excluding tert-OH is 2. The molecule has 3 rings (SSSR count). The molecule has 1 fully saturated rings. The van der Waals surface area contributed by atoms with Crippen molar-refractivity contribution in [2.45, 2.75) is 25.5 Å². The summed E-state index contributed by atoms with van der Waals surface area (Å²) in [5.41, 5.74) is 3.07. The van der Waals surface area contributed by atoms with Crippen molar-refractivity contribution >= 4 is 17.5 Å². The molecule has 0 saturated carbocycles. The summed E-state index contributed by atoms with van der Waals surface area (Å²) < 4.78 is 0. The average Bonchev–Trinajstić information content (AvgIpc) is 3.29. The van der Waals surface area contributed by atoms with Crippen LogP contribution in [0.15, 0.2) is 48.1 Å². The summed E-state index contributed by atoms with van der Waals surface area (Å²) in [6.07, 6.45) is 6.09. The van der Waals surface area contributed by atoms with Gasteiger partial charge in [0, 0.05) is 43.0 Å². The third kappa shape index (κ3) is 5.50. The average molecular weight is 409 g/mol. The van der Waals surface area contributed by atoms with Gasteiger partial charge in [0.05, 0.1) is 6.10 Å². The van der Waals surface area contributed by atoms with Gasteiger partial charge in [-0.15, -0.1) is 0 Å². The molecule has 0 unspecified atom stereocenters. The molecular weight excluding hydrogens is 382 g/mol. The molecule has 0 spiro atoms. The number of amides is 2. The Morgan fingerprint density at radius 2 is 1.83 bits per heavy atom. The molecule has 158 valence electrons. The van der Waals surface area contributed by atoms with E-state index in [1.165, 1.54) is 6.92 Å². The van der Waals surface area contributed by atoms with Crippen LogP contribution in [0.1, 0.15) is 18.9 Å². The van der Waals surface area contributed by atoms with E-state index in [1.807, 2.05) is 30.3 Å². The van der Waals surface area contributed by atoms with E-state index < -0.39 is 30.6 Å². The van der Waals surface area contributed by atoms with E-state index in [-0.39, 0.29) is 0 Å². The number of hydrogen-bond donors (Lipinski definition) is 3. The lowest BCUT2D eigenvalue weighted by atomic mass is 10.1. The van der Waals surface area contributed by atoms with Crippen LogP contribution < -0.4 is 10.2 Å². The summed E-state index contributed by atoms with van der Waals surface area (Å²) in [6, 6.07) is 6.53. The lowest BCUT2D eigenvalue weighted by Crippen LogP contribution is -2.57. The molecule has 2 atom stereocenters. The first-order chi connectivity index (χ1) is 14.5. The number of carbonyl (C=O) groups is 2. The fourth-order valence-electron chi connectivity index (χ4n) is 3.41. The van der Waals surface area contributed by atoms with Crippen molar-refractivity contribution in [2.24, 2.45) is 0 Å². The van der Waals surface area contributed by atoms with Gasteiger partial charge in [0.25, 0.3) is 0 Å². The Morgan fingerprint density at radius 1 is 1.13 bits per heavy atom. The highest BCUT2D eigenvalue weighted by Gasteiger charge is 2.28. The van der Waals surface area contributed by atoms with E-state index in [0.717, 1.165) is 23.2 Å². The van der Waals surface area contributed by atoms with Gasteiger partial charge in [0.1, 0.15) is 12.6 Å². The number of Topliss-reactive ketones (excluding diaryl/α,β-unsaturated/α-hetero) is 1. The van der Waals surface area contributed by atoms with Crippen LogP contribution in [0.3, 0.4) is 0 Å². The van der Waals surface area contributed by atoms with Crippen LogP contribution in [-0.2, 0) is 4.79 Å². The summed E-state index contributed by atoms with van der Waals surface area (Å²) in [5.74, 6) is 5.71. The number of rotatable bonds is 5. The summed E-state index contributed by atoms with van der Waals surface area (Å²) in [6.45, 7) is 2.98. The van der Waals surface area contributed by atoms with Crippen LogP contribution in [-0.4, -0.2) is 71.9 Å². The third-order valence-corrected chi connectivity index (χ3v) is 5.19. The van der Waals surface area contributed by atoms with E-state index in [9.17, 15) is 14.7 Å². The molecule has 1 aromatic carbocycles. The Hall–Kier alpha value is -3.08. The van der Waals surface area contributed by atoms with Crippen molar-refractivity contribution in [2.75, 3.05) is 37.7 Å². The molecule has 0 bridgehead atoms. The summed E-state index contributed by atoms with van der Waals surface area (Å²) in [4.78, 5) is 27.9. The minimum atomic E-state index is -1.11.